The average Bonchev–Trinajstić information content (AvgIpc) is 2.39. The van der Waals surface area contributed by atoms with Crippen LogP contribution >= 0.6 is 0 Å². The first-order valence-corrected chi connectivity index (χ1v) is 6.72. The zero-order chi connectivity index (χ0) is 12.3. The van der Waals surface area contributed by atoms with E-state index in [0.29, 0.717) is 19.0 Å². The van der Waals surface area contributed by atoms with Crippen molar-refractivity contribution in [2.24, 2.45) is 5.92 Å². The Balaban J connectivity index is 1.94. The van der Waals surface area contributed by atoms with Gasteiger partial charge >= 0.3 is 5.97 Å². The molecule has 17 heavy (non-hydrogen) atoms. The van der Waals surface area contributed by atoms with Gasteiger partial charge in [0.1, 0.15) is 0 Å². The zero-order valence-electron chi connectivity index (χ0n) is 10.6. The molecule has 98 valence electrons. The molecule has 0 unspecified atom stereocenters. The van der Waals surface area contributed by atoms with Gasteiger partial charge in [0.2, 0.25) is 0 Å². The highest BCUT2D eigenvalue weighted by Gasteiger charge is 2.36. The molecule has 0 amide bonds. The maximum absolute atomic E-state index is 11.6. The van der Waals surface area contributed by atoms with Gasteiger partial charge in [0.15, 0.2) is 0 Å². The van der Waals surface area contributed by atoms with Crippen molar-refractivity contribution in [3.05, 3.63) is 0 Å². The number of esters is 1. The van der Waals surface area contributed by atoms with Crippen molar-refractivity contribution < 1.29 is 14.6 Å². The van der Waals surface area contributed by atoms with Crippen molar-refractivity contribution in [3.8, 4) is 0 Å². The summed E-state index contributed by atoms with van der Waals surface area (Å²) >= 11 is 0. The minimum absolute atomic E-state index is 0.266. The maximum Gasteiger partial charge on any atom is 0.312 e. The number of aliphatic hydroxyl groups is 1. The molecule has 1 aliphatic carbocycles. The Kier molecular flexibility index (Phi) is 4.40. The van der Waals surface area contributed by atoms with Crippen LogP contribution in [0.1, 0.15) is 38.5 Å². The molecular weight excluding hydrogens is 218 g/mol. The van der Waals surface area contributed by atoms with Crippen LogP contribution in [-0.4, -0.2) is 48.3 Å². The molecule has 1 N–H and O–H groups in total. The molecule has 2 aliphatic rings. The molecular formula is C13H23NO3. The molecule has 1 saturated heterocycles. The summed E-state index contributed by atoms with van der Waals surface area (Å²) in [6.45, 7) is 1.58. The van der Waals surface area contributed by atoms with Gasteiger partial charge in [-0.25, -0.2) is 0 Å². The van der Waals surface area contributed by atoms with Gasteiger partial charge in [-0.15, -0.1) is 0 Å². The van der Waals surface area contributed by atoms with Crippen LogP contribution in [0.5, 0.6) is 0 Å². The highest BCUT2D eigenvalue weighted by atomic mass is 16.5. The lowest BCUT2D eigenvalue weighted by atomic mass is 9.89. The third-order valence-corrected chi connectivity index (χ3v) is 4.20. The van der Waals surface area contributed by atoms with Crippen LogP contribution in [0.15, 0.2) is 0 Å². The number of ether oxygens (including phenoxy) is 1. The first-order valence-electron chi connectivity index (χ1n) is 6.72. The van der Waals surface area contributed by atoms with Crippen LogP contribution in [0.25, 0.3) is 0 Å². The van der Waals surface area contributed by atoms with Crippen molar-refractivity contribution >= 4 is 5.97 Å². The van der Waals surface area contributed by atoms with Crippen LogP contribution in [0, 0.1) is 5.92 Å². The Morgan fingerprint density at radius 3 is 2.59 bits per heavy atom. The van der Waals surface area contributed by atoms with Crippen molar-refractivity contribution in [2.75, 3.05) is 20.2 Å². The number of hydrogen-bond donors (Lipinski definition) is 1. The van der Waals surface area contributed by atoms with E-state index in [1.54, 1.807) is 0 Å². The van der Waals surface area contributed by atoms with Crippen LogP contribution in [-0.2, 0) is 9.53 Å². The van der Waals surface area contributed by atoms with E-state index in [1.807, 2.05) is 0 Å². The molecule has 0 radical (unpaired) electrons. The largest absolute Gasteiger partial charge is 0.469 e. The number of carbonyl (C=O) groups is 1. The number of nitrogens with zero attached hydrogens (tertiary/aromatic N) is 1. The third kappa shape index (κ3) is 2.99. The lowest BCUT2D eigenvalue weighted by molar-refractivity contribution is -0.153. The standard InChI is InChI=1S/C13H23NO3/c1-17-13(16)11-9-14(8-7-12(11)15)10-5-3-2-4-6-10/h10-12,15H,2-9H2,1H3/t11-,12+/m1/s1. The number of hydrogen-bond acceptors (Lipinski definition) is 4. The normalized spacial score (nSPS) is 32.4. The third-order valence-electron chi connectivity index (χ3n) is 4.20. The van der Waals surface area contributed by atoms with Gasteiger partial charge < -0.3 is 9.84 Å². The molecule has 1 heterocycles. The fourth-order valence-electron chi connectivity index (χ4n) is 3.13. The number of aliphatic hydroxyl groups excluding tert-OH is 1. The molecule has 2 atom stereocenters. The number of piperidine rings is 1. The fourth-order valence-corrected chi connectivity index (χ4v) is 3.13. The summed E-state index contributed by atoms with van der Waals surface area (Å²) in [5.74, 6) is -0.617. The van der Waals surface area contributed by atoms with Gasteiger partial charge in [-0.05, 0) is 19.3 Å². The predicted molar refractivity (Wildman–Crippen MR) is 64.6 cm³/mol. The summed E-state index contributed by atoms with van der Waals surface area (Å²) in [6, 6.07) is 0.614. The minimum atomic E-state index is -0.526. The Morgan fingerprint density at radius 2 is 1.94 bits per heavy atom. The topological polar surface area (TPSA) is 49.8 Å². The van der Waals surface area contributed by atoms with Crippen LogP contribution in [0.2, 0.25) is 0 Å². The van der Waals surface area contributed by atoms with Crippen molar-refractivity contribution in [1.82, 2.24) is 4.90 Å². The molecule has 2 fully saturated rings. The van der Waals surface area contributed by atoms with Crippen molar-refractivity contribution in [3.63, 3.8) is 0 Å². The Hall–Kier alpha value is -0.610. The molecule has 0 aromatic carbocycles. The average molecular weight is 241 g/mol. The summed E-state index contributed by atoms with van der Waals surface area (Å²) in [5, 5.41) is 9.86. The number of likely N-dealkylation sites (tertiary alicyclic amines) is 1. The van der Waals surface area contributed by atoms with Gasteiger partial charge in [0.05, 0.1) is 19.1 Å². The zero-order valence-corrected chi connectivity index (χ0v) is 10.6. The van der Waals surface area contributed by atoms with Gasteiger partial charge in [-0.1, -0.05) is 19.3 Å². The minimum Gasteiger partial charge on any atom is -0.469 e. The number of rotatable bonds is 2. The first-order chi connectivity index (χ1) is 8.22. The molecule has 2 rings (SSSR count). The predicted octanol–water partition coefficient (Wildman–Crippen LogP) is 1.17. The lowest BCUT2D eigenvalue weighted by Crippen LogP contribution is -2.51. The highest BCUT2D eigenvalue weighted by Crippen LogP contribution is 2.27. The van der Waals surface area contributed by atoms with E-state index in [9.17, 15) is 9.90 Å². The van der Waals surface area contributed by atoms with Crippen LogP contribution in [0.4, 0.5) is 0 Å². The van der Waals surface area contributed by atoms with E-state index in [4.69, 9.17) is 4.74 Å². The van der Waals surface area contributed by atoms with Gasteiger partial charge in [-0.2, -0.15) is 0 Å². The molecule has 0 bridgehead atoms. The highest BCUT2D eigenvalue weighted by molar-refractivity contribution is 5.73. The molecule has 4 heteroatoms. The van der Waals surface area contributed by atoms with E-state index < -0.39 is 6.10 Å². The van der Waals surface area contributed by atoms with E-state index in [-0.39, 0.29) is 11.9 Å². The molecule has 0 aromatic rings. The number of carbonyl (C=O) groups excluding carboxylic acids is 1. The Morgan fingerprint density at radius 1 is 1.24 bits per heavy atom. The first kappa shape index (κ1) is 12.8. The van der Waals surface area contributed by atoms with E-state index in [0.717, 1.165) is 6.54 Å². The Bertz CT molecular complexity index is 263. The van der Waals surface area contributed by atoms with Crippen LogP contribution < -0.4 is 0 Å². The fraction of sp³-hybridized carbons (Fsp3) is 0.923. The monoisotopic (exact) mass is 241 g/mol. The SMILES string of the molecule is COC(=O)[C@@H]1CN(C2CCCCC2)CC[C@@H]1O. The van der Waals surface area contributed by atoms with Gasteiger partial charge in [0.25, 0.3) is 0 Å². The summed E-state index contributed by atoms with van der Waals surface area (Å²) in [5.41, 5.74) is 0. The quantitative estimate of drug-likeness (QED) is 0.737. The summed E-state index contributed by atoms with van der Waals surface area (Å²) in [7, 11) is 1.40. The van der Waals surface area contributed by atoms with Gasteiger partial charge in [0, 0.05) is 19.1 Å². The molecule has 1 aliphatic heterocycles. The van der Waals surface area contributed by atoms with E-state index in [2.05, 4.69) is 4.90 Å². The molecule has 4 nitrogen and oxygen atoms in total. The van der Waals surface area contributed by atoms with Crippen molar-refractivity contribution in [2.45, 2.75) is 50.7 Å². The second-order valence-corrected chi connectivity index (χ2v) is 5.27. The molecule has 0 aromatic heterocycles. The molecule has 1 saturated carbocycles. The number of methoxy groups -OCH3 is 1. The second kappa shape index (κ2) is 5.83. The summed E-state index contributed by atoms with van der Waals surface area (Å²) < 4.78 is 4.77. The molecule has 0 spiro atoms. The van der Waals surface area contributed by atoms with E-state index in [1.165, 1.54) is 39.2 Å². The lowest BCUT2D eigenvalue weighted by Gasteiger charge is -2.41. The Labute approximate surface area is 103 Å². The summed E-state index contributed by atoms with van der Waals surface area (Å²) in [6.07, 6.45) is 6.58. The van der Waals surface area contributed by atoms with Crippen molar-refractivity contribution in [1.29, 1.82) is 0 Å². The van der Waals surface area contributed by atoms with Crippen LogP contribution in [0.3, 0.4) is 0 Å². The smallest absolute Gasteiger partial charge is 0.312 e. The maximum atomic E-state index is 11.6. The second-order valence-electron chi connectivity index (χ2n) is 5.27. The van der Waals surface area contributed by atoms with E-state index >= 15 is 0 Å². The summed E-state index contributed by atoms with van der Waals surface area (Å²) in [4.78, 5) is 14.0. The van der Waals surface area contributed by atoms with Gasteiger partial charge in [-0.3, -0.25) is 9.69 Å².